The van der Waals surface area contributed by atoms with Crippen molar-refractivity contribution >= 4 is 11.9 Å². The Morgan fingerprint density at radius 3 is 2.59 bits per heavy atom. The zero-order valence-electron chi connectivity index (χ0n) is 22.4. The largest absolute Gasteiger partial charge is 1.00 e. The van der Waals surface area contributed by atoms with Crippen LogP contribution in [-0.4, -0.2) is 36.1 Å². The summed E-state index contributed by atoms with van der Waals surface area (Å²) in [7, 11) is 0. The molecular weight excluding hydrogens is 507 g/mol. The van der Waals surface area contributed by atoms with Gasteiger partial charge in [-0.3, -0.25) is 4.79 Å². The number of rotatable bonds is 11. The number of hydrogen-bond donors (Lipinski definition) is 1. The second-order valence-corrected chi connectivity index (χ2v) is 9.61. The first kappa shape index (κ1) is 29.1. The van der Waals surface area contributed by atoms with E-state index in [4.69, 9.17) is 14.2 Å². The van der Waals surface area contributed by atoms with Gasteiger partial charge in [-0.25, -0.2) is 4.98 Å². The van der Waals surface area contributed by atoms with Gasteiger partial charge < -0.3 is 29.4 Å². The quantitative estimate of drug-likeness (QED) is 0.358. The molecule has 1 fully saturated rings. The summed E-state index contributed by atoms with van der Waals surface area (Å²) in [5, 5.41) is 14.0. The van der Waals surface area contributed by atoms with Gasteiger partial charge in [0.25, 0.3) is 0 Å². The molecule has 2 aromatic carbocycles. The van der Waals surface area contributed by atoms with Crippen LogP contribution in [0.15, 0.2) is 60.8 Å². The van der Waals surface area contributed by atoms with Crippen LogP contribution in [0.5, 0.6) is 11.6 Å². The number of pyridine rings is 1. The molecule has 3 atom stereocenters. The molecule has 1 aliphatic heterocycles. The second-order valence-electron chi connectivity index (χ2n) is 9.61. The molecule has 0 spiro atoms. The van der Waals surface area contributed by atoms with Gasteiger partial charge in [0, 0.05) is 43.2 Å². The smallest absolute Gasteiger partial charge is 0.550 e. The summed E-state index contributed by atoms with van der Waals surface area (Å²) in [4.78, 5) is 26.9. The predicted octanol–water partition coefficient (Wildman–Crippen LogP) is 0.694. The molecule has 1 aliphatic carbocycles. The number of carbonyl (C=O) groups excluding carboxylic acids is 2. The fourth-order valence-electron chi connectivity index (χ4n) is 5.17. The Hall–Kier alpha value is -2.91. The number of nitrogens with zero attached hydrogens (tertiary/aromatic N) is 1. The Morgan fingerprint density at radius 2 is 1.92 bits per heavy atom. The van der Waals surface area contributed by atoms with Crippen LogP contribution in [0.2, 0.25) is 0 Å². The summed E-state index contributed by atoms with van der Waals surface area (Å²) < 4.78 is 17.7. The number of hydrogen-bond acceptors (Lipinski definition) is 7. The van der Waals surface area contributed by atoms with Gasteiger partial charge in [-0.15, -0.1) is 0 Å². The molecule has 8 nitrogen and oxygen atoms in total. The van der Waals surface area contributed by atoms with Gasteiger partial charge in [0.1, 0.15) is 18.5 Å². The maximum absolute atomic E-state index is 11.4. The zero-order valence-corrected chi connectivity index (χ0v) is 24.4. The summed E-state index contributed by atoms with van der Waals surface area (Å²) in [5.41, 5.74) is 5.35. The van der Waals surface area contributed by atoms with Crippen LogP contribution in [0, 0.1) is 0 Å². The minimum Gasteiger partial charge on any atom is -0.550 e. The molecule has 0 bridgehead atoms. The van der Waals surface area contributed by atoms with Crippen LogP contribution >= 0.6 is 0 Å². The molecule has 39 heavy (non-hydrogen) atoms. The molecule has 2 aliphatic rings. The van der Waals surface area contributed by atoms with E-state index < -0.39 is 12.1 Å². The predicted molar refractivity (Wildman–Crippen MR) is 138 cm³/mol. The molecule has 1 aromatic heterocycles. The average Bonchev–Trinajstić information content (AvgIpc) is 3.53. The fourth-order valence-corrected chi connectivity index (χ4v) is 5.17. The van der Waals surface area contributed by atoms with Crippen LogP contribution in [0.1, 0.15) is 61.5 Å². The van der Waals surface area contributed by atoms with Crippen molar-refractivity contribution in [3.05, 3.63) is 77.5 Å². The fraction of sp³-hybridized carbons (Fsp3) is 0.367. The van der Waals surface area contributed by atoms with E-state index in [-0.39, 0.29) is 54.0 Å². The molecule has 198 valence electrons. The SMILES string of the molecule is CCO[C@@H](CC(=O)[O-])c1ccc(O[C@@H]2CCc3c(-c4ccc(OC[C@H]5CCC(=O)N5)nc4)cccc32)cc1.[Na+]. The number of ether oxygens (including phenoxy) is 3. The summed E-state index contributed by atoms with van der Waals surface area (Å²) in [6, 6.07) is 17.6. The molecule has 0 saturated carbocycles. The Bertz CT molecular complexity index is 1280. The normalized spacial score (nSPS) is 18.5. The van der Waals surface area contributed by atoms with Crippen molar-refractivity contribution in [3.8, 4) is 22.8 Å². The maximum Gasteiger partial charge on any atom is 1.00 e. The van der Waals surface area contributed by atoms with Gasteiger partial charge in [-0.05, 0) is 66.6 Å². The van der Waals surface area contributed by atoms with E-state index in [1.165, 1.54) is 5.56 Å². The van der Waals surface area contributed by atoms with Crippen molar-refractivity contribution in [1.29, 1.82) is 0 Å². The van der Waals surface area contributed by atoms with Crippen molar-refractivity contribution in [2.45, 2.75) is 57.3 Å². The zero-order chi connectivity index (χ0) is 26.5. The standard InChI is InChI=1S/C30H32N2O6.Na/c1-2-36-27(16-30(34)35)19-6-10-22(11-7-19)38-26-13-12-24-23(4-3-5-25(24)26)20-8-15-29(31-17-20)37-18-21-9-14-28(33)32-21;/h3-8,10-11,15,17,21,26-27H,2,9,12-14,16,18H2,1H3,(H,32,33)(H,34,35);/q;+1/p-1/t21-,26-,27+;/m1./s1. The van der Waals surface area contributed by atoms with Crippen molar-refractivity contribution < 1.29 is 58.5 Å². The van der Waals surface area contributed by atoms with E-state index in [0.29, 0.717) is 25.5 Å². The minimum atomic E-state index is -1.14. The number of aliphatic carboxylic acids is 1. The number of aromatic nitrogens is 1. The van der Waals surface area contributed by atoms with Gasteiger partial charge in [0.2, 0.25) is 11.8 Å². The van der Waals surface area contributed by atoms with Crippen molar-refractivity contribution in [2.75, 3.05) is 13.2 Å². The molecular formula is C30H31N2NaO6. The van der Waals surface area contributed by atoms with Crippen molar-refractivity contribution in [2.24, 2.45) is 0 Å². The maximum atomic E-state index is 11.4. The number of carbonyl (C=O) groups is 2. The first-order valence-corrected chi connectivity index (χ1v) is 13.1. The second kappa shape index (κ2) is 13.4. The van der Waals surface area contributed by atoms with Gasteiger partial charge in [-0.1, -0.05) is 30.3 Å². The Kier molecular flexibility index (Phi) is 10.0. The van der Waals surface area contributed by atoms with Gasteiger partial charge in [0.15, 0.2) is 0 Å². The third-order valence-corrected chi connectivity index (χ3v) is 7.03. The third kappa shape index (κ3) is 7.19. The molecule has 1 amide bonds. The van der Waals surface area contributed by atoms with Crippen molar-refractivity contribution in [3.63, 3.8) is 0 Å². The van der Waals surface area contributed by atoms with Crippen LogP contribution < -0.4 is 49.5 Å². The van der Waals surface area contributed by atoms with E-state index in [9.17, 15) is 14.7 Å². The Labute approximate surface area is 250 Å². The number of fused-ring (bicyclic) bond motifs is 1. The molecule has 1 saturated heterocycles. The van der Waals surface area contributed by atoms with Crippen LogP contribution in [-0.2, 0) is 20.7 Å². The number of carboxylic acid groups (broad SMARTS) is 1. The van der Waals surface area contributed by atoms with Crippen molar-refractivity contribution in [1.82, 2.24) is 10.3 Å². The Balaban J connectivity index is 0.00000353. The molecule has 0 radical (unpaired) electrons. The third-order valence-electron chi connectivity index (χ3n) is 7.03. The number of carboxylic acids is 1. The summed E-state index contributed by atoms with van der Waals surface area (Å²) in [5.74, 6) is 0.196. The molecule has 2 heterocycles. The molecule has 1 N–H and O–H groups in total. The Morgan fingerprint density at radius 1 is 1.10 bits per heavy atom. The van der Waals surface area contributed by atoms with E-state index in [1.807, 2.05) is 55.6 Å². The van der Waals surface area contributed by atoms with Gasteiger partial charge in [0.05, 0.1) is 12.1 Å². The first-order chi connectivity index (χ1) is 18.5. The van der Waals surface area contributed by atoms with E-state index in [1.54, 1.807) is 0 Å². The number of amides is 1. The van der Waals surface area contributed by atoms with Crippen LogP contribution in [0.4, 0.5) is 0 Å². The first-order valence-electron chi connectivity index (χ1n) is 13.1. The molecule has 9 heteroatoms. The van der Waals surface area contributed by atoms with Crippen LogP contribution in [0.25, 0.3) is 11.1 Å². The van der Waals surface area contributed by atoms with Gasteiger partial charge >= 0.3 is 29.6 Å². The topological polar surface area (TPSA) is 110 Å². The van der Waals surface area contributed by atoms with E-state index in [0.717, 1.165) is 47.3 Å². The number of nitrogens with one attached hydrogen (secondary N) is 1. The van der Waals surface area contributed by atoms with E-state index in [2.05, 4.69) is 22.4 Å². The minimum absolute atomic E-state index is 0. The van der Waals surface area contributed by atoms with Gasteiger partial charge in [-0.2, -0.15) is 0 Å². The number of benzene rings is 2. The summed E-state index contributed by atoms with van der Waals surface area (Å²) in [6.45, 7) is 2.67. The molecule has 3 aromatic rings. The summed E-state index contributed by atoms with van der Waals surface area (Å²) in [6.07, 6.45) is 4.13. The molecule has 5 rings (SSSR count). The van der Waals surface area contributed by atoms with E-state index >= 15 is 0 Å². The average molecular weight is 539 g/mol. The van der Waals surface area contributed by atoms with Crippen LogP contribution in [0.3, 0.4) is 0 Å². The summed E-state index contributed by atoms with van der Waals surface area (Å²) >= 11 is 0. The molecule has 0 unspecified atom stereocenters. The monoisotopic (exact) mass is 538 g/mol.